The van der Waals surface area contributed by atoms with Crippen LogP contribution in [0.1, 0.15) is 22.3 Å². The molecular formula is C14H17ClN2O3S. The second-order valence-corrected chi connectivity index (χ2v) is 7.11. The zero-order chi connectivity index (χ0) is 15.9. The van der Waals surface area contributed by atoms with Gasteiger partial charge in [-0.15, -0.1) is 0 Å². The van der Waals surface area contributed by atoms with E-state index in [0.717, 1.165) is 6.26 Å². The van der Waals surface area contributed by atoms with Crippen molar-refractivity contribution in [2.45, 2.75) is 6.42 Å². The van der Waals surface area contributed by atoms with Crippen molar-refractivity contribution in [2.75, 3.05) is 25.1 Å². The summed E-state index contributed by atoms with van der Waals surface area (Å²) in [7, 11) is -3.01. The highest BCUT2D eigenvalue weighted by atomic mass is 35.5. The van der Waals surface area contributed by atoms with Gasteiger partial charge in [0, 0.05) is 23.9 Å². The van der Waals surface area contributed by atoms with Crippen LogP contribution in [0.4, 0.5) is 0 Å². The molecule has 0 atom stereocenters. The number of benzene rings is 1. The number of amides is 1. The first-order chi connectivity index (χ1) is 9.83. The Balaban J connectivity index is 2.61. The maximum atomic E-state index is 11.9. The van der Waals surface area contributed by atoms with Crippen LogP contribution in [0.15, 0.2) is 18.2 Å². The second-order valence-electron chi connectivity index (χ2n) is 4.44. The number of hydrogen-bond acceptors (Lipinski definition) is 4. The highest BCUT2D eigenvalue weighted by molar-refractivity contribution is 7.90. The third-order valence-electron chi connectivity index (χ3n) is 2.53. The van der Waals surface area contributed by atoms with Crippen LogP contribution in [0, 0.1) is 11.8 Å². The van der Waals surface area contributed by atoms with Crippen LogP contribution in [0.5, 0.6) is 0 Å². The van der Waals surface area contributed by atoms with E-state index in [0.29, 0.717) is 22.6 Å². The third kappa shape index (κ3) is 6.63. The Morgan fingerprint density at radius 1 is 1.43 bits per heavy atom. The molecule has 114 valence electrons. The number of nitrogens with two attached hydrogens (primary N) is 1. The molecule has 0 heterocycles. The van der Waals surface area contributed by atoms with Gasteiger partial charge in [0.15, 0.2) is 0 Å². The van der Waals surface area contributed by atoms with E-state index < -0.39 is 9.84 Å². The zero-order valence-electron chi connectivity index (χ0n) is 11.6. The van der Waals surface area contributed by atoms with Gasteiger partial charge in [0.2, 0.25) is 0 Å². The van der Waals surface area contributed by atoms with Gasteiger partial charge in [-0.1, -0.05) is 23.4 Å². The van der Waals surface area contributed by atoms with Crippen LogP contribution in [-0.4, -0.2) is 39.4 Å². The van der Waals surface area contributed by atoms with Gasteiger partial charge in [-0.2, -0.15) is 0 Å². The van der Waals surface area contributed by atoms with Gasteiger partial charge >= 0.3 is 0 Å². The summed E-state index contributed by atoms with van der Waals surface area (Å²) in [6, 6.07) is 4.78. The van der Waals surface area contributed by atoms with E-state index in [-0.39, 0.29) is 24.7 Å². The number of hydrogen-bond donors (Lipinski definition) is 2. The van der Waals surface area contributed by atoms with Crippen molar-refractivity contribution >= 4 is 27.3 Å². The fourth-order valence-electron chi connectivity index (χ4n) is 1.54. The SMILES string of the molecule is CS(=O)(=O)CCCNC(=O)c1ccc(C#CCN)c(Cl)c1. The maximum absolute atomic E-state index is 11.9. The van der Waals surface area contributed by atoms with Crippen LogP contribution < -0.4 is 11.1 Å². The van der Waals surface area contributed by atoms with Gasteiger partial charge in [-0.05, 0) is 24.6 Å². The molecule has 21 heavy (non-hydrogen) atoms. The van der Waals surface area contributed by atoms with E-state index in [1.807, 2.05) is 0 Å². The molecule has 0 aliphatic carbocycles. The first kappa shape index (κ1) is 17.5. The van der Waals surface area contributed by atoms with Crippen molar-refractivity contribution in [1.29, 1.82) is 0 Å². The first-order valence-corrected chi connectivity index (χ1v) is 8.72. The molecule has 0 spiro atoms. The van der Waals surface area contributed by atoms with E-state index in [4.69, 9.17) is 17.3 Å². The summed E-state index contributed by atoms with van der Waals surface area (Å²) in [6.07, 6.45) is 1.54. The van der Waals surface area contributed by atoms with E-state index in [9.17, 15) is 13.2 Å². The van der Waals surface area contributed by atoms with Gasteiger partial charge in [0.25, 0.3) is 5.91 Å². The first-order valence-electron chi connectivity index (χ1n) is 6.28. The van der Waals surface area contributed by atoms with Crippen molar-refractivity contribution in [3.8, 4) is 11.8 Å². The average Bonchev–Trinajstić information content (AvgIpc) is 2.41. The number of carbonyl (C=O) groups excluding carboxylic acids is 1. The molecule has 0 aliphatic rings. The minimum absolute atomic E-state index is 0.0433. The molecular weight excluding hydrogens is 312 g/mol. The standard InChI is InChI=1S/C14H17ClN2O3S/c1-21(19,20)9-3-8-17-14(18)12-6-5-11(4-2-7-16)13(15)10-12/h5-6,10H,3,7-9,16H2,1H3,(H,17,18). The van der Waals surface area contributed by atoms with E-state index in [1.165, 1.54) is 6.07 Å². The molecule has 0 unspecified atom stereocenters. The van der Waals surface area contributed by atoms with E-state index in [2.05, 4.69) is 17.2 Å². The second kappa shape index (κ2) is 8.03. The lowest BCUT2D eigenvalue weighted by Crippen LogP contribution is -2.25. The van der Waals surface area contributed by atoms with Crippen LogP contribution in [-0.2, 0) is 9.84 Å². The molecule has 3 N–H and O–H groups in total. The minimum Gasteiger partial charge on any atom is -0.352 e. The van der Waals surface area contributed by atoms with Crippen LogP contribution in [0.3, 0.4) is 0 Å². The lowest BCUT2D eigenvalue weighted by Gasteiger charge is -2.06. The third-order valence-corrected chi connectivity index (χ3v) is 3.88. The van der Waals surface area contributed by atoms with Gasteiger partial charge in [-0.25, -0.2) is 8.42 Å². The fraction of sp³-hybridized carbons (Fsp3) is 0.357. The molecule has 1 amide bonds. The number of rotatable bonds is 5. The van der Waals surface area contributed by atoms with Gasteiger partial charge in [0.1, 0.15) is 9.84 Å². The van der Waals surface area contributed by atoms with Crippen molar-refractivity contribution < 1.29 is 13.2 Å². The molecule has 0 aromatic heterocycles. The zero-order valence-corrected chi connectivity index (χ0v) is 13.2. The maximum Gasteiger partial charge on any atom is 0.251 e. The fourth-order valence-corrected chi connectivity index (χ4v) is 2.44. The monoisotopic (exact) mass is 328 g/mol. The quantitative estimate of drug-likeness (QED) is 0.618. The molecule has 0 fully saturated rings. The van der Waals surface area contributed by atoms with Crippen molar-refractivity contribution in [3.05, 3.63) is 34.3 Å². The highest BCUT2D eigenvalue weighted by Gasteiger charge is 2.08. The molecule has 0 radical (unpaired) electrons. The van der Waals surface area contributed by atoms with Crippen LogP contribution >= 0.6 is 11.6 Å². The summed E-state index contributed by atoms with van der Waals surface area (Å²) in [5.74, 6) is 5.23. The molecule has 0 saturated carbocycles. The Hall–Kier alpha value is -1.55. The topological polar surface area (TPSA) is 89.3 Å². The number of carbonyl (C=O) groups is 1. The summed E-state index contributed by atoms with van der Waals surface area (Å²) in [6.45, 7) is 0.525. The molecule has 7 heteroatoms. The number of nitrogens with one attached hydrogen (secondary N) is 1. The molecule has 0 bridgehead atoms. The smallest absolute Gasteiger partial charge is 0.251 e. The minimum atomic E-state index is -3.01. The summed E-state index contributed by atoms with van der Waals surface area (Å²) in [4.78, 5) is 11.9. The van der Waals surface area contributed by atoms with Crippen LogP contribution in [0.2, 0.25) is 5.02 Å². The largest absolute Gasteiger partial charge is 0.352 e. The van der Waals surface area contributed by atoms with Crippen molar-refractivity contribution in [1.82, 2.24) is 5.32 Å². The molecule has 1 aromatic carbocycles. The Labute approximate surface area is 129 Å². The Morgan fingerprint density at radius 2 is 2.14 bits per heavy atom. The normalized spacial score (nSPS) is 10.6. The van der Waals surface area contributed by atoms with Gasteiger partial charge in [0.05, 0.1) is 17.3 Å². The van der Waals surface area contributed by atoms with Crippen LogP contribution in [0.25, 0.3) is 0 Å². The Morgan fingerprint density at radius 3 is 2.71 bits per heavy atom. The number of sulfone groups is 1. The predicted molar refractivity (Wildman–Crippen MR) is 84.0 cm³/mol. The molecule has 1 aromatic rings. The van der Waals surface area contributed by atoms with Crippen molar-refractivity contribution in [3.63, 3.8) is 0 Å². The Bertz CT molecular complexity index is 675. The molecule has 5 nitrogen and oxygen atoms in total. The van der Waals surface area contributed by atoms with Crippen molar-refractivity contribution in [2.24, 2.45) is 5.73 Å². The average molecular weight is 329 g/mol. The summed E-state index contributed by atoms with van der Waals surface area (Å²) in [5, 5.41) is 3.02. The molecule has 1 rings (SSSR count). The highest BCUT2D eigenvalue weighted by Crippen LogP contribution is 2.17. The summed E-state index contributed by atoms with van der Waals surface area (Å²) >= 11 is 6.03. The lowest BCUT2D eigenvalue weighted by molar-refractivity contribution is 0.0953. The van der Waals surface area contributed by atoms with E-state index in [1.54, 1.807) is 12.1 Å². The Kier molecular flexibility index (Phi) is 6.69. The summed E-state index contributed by atoms with van der Waals surface area (Å²) < 4.78 is 21.9. The number of halogens is 1. The summed E-state index contributed by atoms with van der Waals surface area (Å²) in [5.41, 5.74) is 6.29. The predicted octanol–water partition coefficient (Wildman–Crippen LogP) is 0.815. The molecule has 0 aliphatic heterocycles. The van der Waals surface area contributed by atoms with Gasteiger partial charge in [-0.3, -0.25) is 4.79 Å². The van der Waals surface area contributed by atoms with E-state index >= 15 is 0 Å². The lowest BCUT2D eigenvalue weighted by atomic mass is 10.1. The molecule has 0 saturated heterocycles. The van der Waals surface area contributed by atoms with Gasteiger partial charge < -0.3 is 11.1 Å².